The third kappa shape index (κ3) is 2.08. The highest BCUT2D eigenvalue weighted by Gasteiger charge is 2.35. The van der Waals surface area contributed by atoms with Crippen molar-refractivity contribution in [2.24, 2.45) is 18.5 Å². The van der Waals surface area contributed by atoms with E-state index < -0.39 is 17.8 Å². The number of hydrogen-bond donors (Lipinski definition) is 2. The molecule has 0 aliphatic rings. The Morgan fingerprint density at radius 1 is 1.43 bits per heavy atom. The van der Waals surface area contributed by atoms with Crippen molar-refractivity contribution in [3.05, 3.63) is 23.5 Å². The molecule has 0 saturated carbocycles. The van der Waals surface area contributed by atoms with Crippen molar-refractivity contribution < 1.29 is 13.2 Å². The topological polar surface area (TPSA) is 57.0 Å². The standard InChI is InChI=1S/C8H12F3N3/c1-14-3-5(7(13)2-12)6(4-14)8(9,10)11/h3-4,7H,2,12-13H2,1H3/t7-/m1/s1. The monoisotopic (exact) mass is 207 g/mol. The fourth-order valence-electron chi connectivity index (χ4n) is 1.26. The summed E-state index contributed by atoms with van der Waals surface area (Å²) in [6.45, 7) is -0.00685. The van der Waals surface area contributed by atoms with E-state index in [0.29, 0.717) is 0 Å². The highest BCUT2D eigenvalue weighted by molar-refractivity contribution is 5.30. The fourth-order valence-corrected chi connectivity index (χ4v) is 1.26. The van der Waals surface area contributed by atoms with Crippen molar-refractivity contribution in [1.82, 2.24) is 4.57 Å². The second-order valence-corrected chi connectivity index (χ2v) is 3.13. The van der Waals surface area contributed by atoms with Gasteiger partial charge in [0.2, 0.25) is 0 Å². The molecule has 1 heterocycles. The molecule has 0 amide bonds. The lowest BCUT2D eigenvalue weighted by Crippen LogP contribution is -2.23. The third-order valence-electron chi connectivity index (χ3n) is 1.95. The van der Waals surface area contributed by atoms with E-state index in [2.05, 4.69) is 0 Å². The van der Waals surface area contributed by atoms with Crippen molar-refractivity contribution in [3.8, 4) is 0 Å². The Hall–Kier alpha value is -1.01. The van der Waals surface area contributed by atoms with Crippen LogP contribution in [-0.4, -0.2) is 11.1 Å². The van der Waals surface area contributed by atoms with Crippen molar-refractivity contribution >= 4 is 0 Å². The molecule has 0 bridgehead atoms. The molecule has 80 valence electrons. The van der Waals surface area contributed by atoms with Gasteiger partial charge in [0.25, 0.3) is 0 Å². The van der Waals surface area contributed by atoms with Crippen molar-refractivity contribution in [2.75, 3.05) is 6.54 Å². The van der Waals surface area contributed by atoms with E-state index in [1.54, 1.807) is 0 Å². The van der Waals surface area contributed by atoms with Gasteiger partial charge < -0.3 is 16.0 Å². The van der Waals surface area contributed by atoms with Gasteiger partial charge in [-0.15, -0.1) is 0 Å². The predicted molar refractivity (Wildman–Crippen MR) is 46.4 cm³/mol. The lowest BCUT2D eigenvalue weighted by atomic mass is 10.1. The van der Waals surface area contributed by atoms with Crippen LogP contribution in [0.3, 0.4) is 0 Å². The molecule has 6 heteroatoms. The molecule has 1 aromatic rings. The molecule has 0 fully saturated rings. The third-order valence-corrected chi connectivity index (χ3v) is 1.95. The quantitative estimate of drug-likeness (QED) is 0.760. The molecule has 0 radical (unpaired) electrons. The van der Waals surface area contributed by atoms with Crippen LogP contribution in [0.1, 0.15) is 17.2 Å². The number of aromatic nitrogens is 1. The number of nitrogens with two attached hydrogens (primary N) is 2. The van der Waals surface area contributed by atoms with Crippen LogP contribution >= 0.6 is 0 Å². The van der Waals surface area contributed by atoms with Crippen LogP contribution < -0.4 is 11.5 Å². The van der Waals surface area contributed by atoms with E-state index in [1.165, 1.54) is 17.8 Å². The predicted octanol–water partition coefficient (Wildman–Crippen LogP) is 1.00. The molecular weight excluding hydrogens is 195 g/mol. The van der Waals surface area contributed by atoms with Gasteiger partial charge in [0, 0.05) is 32.0 Å². The minimum atomic E-state index is -4.37. The molecule has 0 unspecified atom stereocenters. The number of aryl methyl sites for hydroxylation is 1. The minimum Gasteiger partial charge on any atom is -0.356 e. The molecule has 1 aromatic heterocycles. The van der Waals surface area contributed by atoms with Gasteiger partial charge in [0.1, 0.15) is 0 Å². The van der Waals surface area contributed by atoms with E-state index in [-0.39, 0.29) is 12.1 Å². The molecule has 0 aliphatic heterocycles. The number of rotatable bonds is 2. The van der Waals surface area contributed by atoms with E-state index in [0.717, 1.165) is 6.20 Å². The van der Waals surface area contributed by atoms with Crippen LogP contribution in [0, 0.1) is 0 Å². The molecule has 14 heavy (non-hydrogen) atoms. The summed E-state index contributed by atoms with van der Waals surface area (Å²) in [6, 6.07) is -0.771. The second-order valence-electron chi connectivity index (χ2n) is 3.13. The van der Waals surface area contributed by atoms with E-state index in [4.69, 9.17) is 11.5 Å². The number of halogens is 3. The van der Waals surface area contributed by atoms with Gasteiger partial charge in [-0.2, -0.15) is 13.2 Å². The maximum Gasteiger partial charge on any atom is 0.418 e. The summed E-state index contributed by atoms with van der Waals surface area (Å²) in [7, 11) is 1.52. The first-order valence-corrected chi connectivity index (χ1v) is 4.05. The van der Waals surface area contributed by atoms with Crippen LogP contribution in [0.2, 0.25) is 0 Å². The Bertz CT molecular complexity index is 316. The first kappa shape index (κ1) is 11.1. The van der Waals surface area contributed by atoms with Crippen LogP contribution in [0.15, 0.2) is 12.4 Å². The van der Waals surface area contributed by atoms with Crippen molar-refractivity contribution in [1.29, 1.82) is 0 Å². The first-order valence-electron chi connectivity index (χ1n) is 4.05. The van der Waals surface area contributed by atoms with Gasteiger partial charge in [-0.05, 0) is 5.56 Å². The maximum atomic E-state index is 12.4. The smallest absolute Gasteiger partial charge is 0.356 e. The van der Waals surface area contributed by atoms with Gasteiger partial charge in [-0.3, -0.25) is 0 Å². The number of nitrogens with zero attached hydrogens (tertiary/aromatic N) is 1. The molecule has 0 aliphatic carbocycles. The van der Waals surface area contributed by atoms with Crippen LogP contribution in [-0.2, 0) is 13.2 Å². The Morgan fingerprint density at radius 2 is 2.00 bits per heavy atom. The molecular formula is C8H12F3N3. The van der Waals surface area contributed by atoms with Crippen molar-refractivity contribution in [2.45, 2.75) is 12.2 Å². The lowest BCUT2D eigenvalue weighted by Gasteiger charge is -2.11. The Labute approximate surface area is 79.5 Å². The van der Waals surface area contributed by atoms with Gasteiger partial charge in [0.15, 0.2) is 0 Å². The van der Waals surface area contributed by atoms with Crippen LogP contribution in [0.4, 0.5) is 13.2 Å². The summed E-state index contributed by atoms with van der Waals surface area (Å²) >= 11 is 0. The SMILES string of the molecule is Cn1cc([C@H](N)CN)c(C(F)(F)F)c1. The Morgan fingerprint density at radius 3 is 2.43 bits per heavy atom. The molecule has 0 saturated heterocycles. The largest absolute Gasteiger partial charge is 0.418 e. The summed E-state index contributed by atoms with van der Waals surface area (Å²) in [6.07, 6.45) is -2.02. The molecule has 1 atom stereocenters. The molecule has 3 nitrogen and oxygen atoms in total. The average Bonchev–Trinajstić information content (AvgIpc) is 2.45. The van der Waals surface area contributed by atoms with Gasteiger partial charge in [0.05, 0.1) is 5.56 Å². The zero-order chi connectivity index (χ0) is 10.9. The zero-order valence-electron chi connectivity index (χ0n) is 7.67. The lowest BCUT2D eigenvalue weighted by molar-refractivity contribution is -0.138. The summed E-state index contributed by atoms with van der Waals surface area (Å²) in [4.78, 5) is 0. The number of hydrogen-bond acceptors (Lipinski definition) is 2. The summed E-state index contributed by atoms with van der Waals surface area (Å²) < 4.78 is 38.7. The second kappa shape index (κ2) is 3.62. The summed E-state index contributed by atoms with van der Waals surface area (Å²) in [5, 5.41) is 0. The van der Waals surface area contributed by atoms with Crippen LogP contribution in [0.25, 0.3) is 0 Å². The normalized spacial score (nSPS) is 14.4. The molecule has 4 N–H and O–H groups in total. The maximum absolute atomic E-state index is 12.4. The molecule has 0 aromatic carbocycles. The molecule has 0 spiro atoms. The van der Waals surface area contributed by atoms with Gasteiger partial charge in [-0.1, -0.05) is 0 Å². The fraction of sp³-hybridized carbons (Fsp3) is 0.500. The van der Waals surface area contributed by atoms with Gasteiger partial charge in [-0.25, -0.2) is 0 Å². The van der Waals surface area contributed by atoms with Gasteiger partial charge >= 0.3 is 6.18 Å². The highest BCUT2D eigenvalue weighted by Crippen LogP contribution is 2.34. The van der Waals surface area contributed by atoms with Crippen molar-refractivity contribution in [3.63, 3.8) is 0 Å². The number of alkyl halides is 3. The van der Waals surface area contributed by atoms with E-state index in [1.807, 2.05) is 0 Å². The highest BCUT2D eigenvalue weighted by atomic mass is 19.4. The Kier molecular flexibility index (Phi) is 2.86. The average molecular weight is 207 g/mol. The molecule has 1 rings (SSSR count). The zero-order valence-corrected chi connectivity index (χ0v) is 7.67. The van der Waals surface area contributed by atoms with E-state index in [9.17, 15) is 13.2 Å². The summed E-state index contributed by atoms with van der Waals surface area (Å²) in [5.74, 6) is 0. The van der Waals surface area contributed by atoms with E-state index >= 15 is 0 Å². The minimum absolute atomic E-state index is 0.00685. The Balaban J connectivity index is 3.16. The first-order chi connectivity index (χ1) is 6.36. The summed E-state index contributed by atoms with van der Waals surface area (Å²) in [5.41, 5.74) is 10.0. The van der Waals surface area contributed by atoms with Crippen LogP contribution in [0.5, 0.6) is 0 Å².